The summed E-state index contributed by atoms with van der Waals surface area (Å²) in [5.41, 5.74) is 2.10. The van der Waals surface area contributed by atoms with E-state index in [0.717, 1.165) is 24.8 Å². The predicted octanol–water partition coefficient (Wildman–Crippen LogP) is 5.15. The number of likely N-dealkylation sites (N-methyl/N-ethyl adjacent to an activating group) is 1. The van der Waals surface area contributed by atoms with Crippen LogP contribution < -0.4 is 30.9 Å². The van der Waals surface area contributed by atoms with Crippen LogP contribution in [0.25, 0.3) is 11.0 Å². The number of unbranched alkanes of at least 4 members (excludes halogenated alkanes) is 4. The van der Waals surface area contributed by atoms with E-state index in [1.165, 1.54) is 31.2 Å². The molecule has 1 fully saturated rings. The Morgan fingerprint density at radius 3 is 2.44 bits per heavy atom. The molecule has 0 aliphatic carbocycles. The fraction of sp³-hybridized carbons (Fsp3) is 0.489. The normalized spacial score (nSPS) is 15.2. The van der Waals surface area contributed by atoms with Crippen molar-refractivity contribution in [3.05, 3.63) is 59.5 Å². The maximum Gasteiger partial charge on any atom is 0.256 e. The van der Waals surface area contributed by atoms with E-state index in [1.807, 2.05) is 26.8 Å². The summed E-state index contributed by atoms with van der Waals surface area (Å²) < 4.78 is 20.5. The van der Waals surface area contributed by atoms with Gasteiger partial charge in [-0.3, -0.25) is 24.0 Å². The van der Waals surface area contributed by atoms with Gasteiger partial charge in [0.2, 0.25) is 29.6 Å². The third kappa shape index (κ3) is 11.2. The highest BCUT2D eigenvalue weighted by molar-refractivity contribution is 6.02. The van der Waals surface area contributed by atoms with Crippen molar-refractivity contribution in [3.8, 4) is 5.75 Å². The SMILES string of the molecule is CNC(=O)c1c(F)cccc1Nc1nc(Nc2cc3c(cc2OC)CCN3C(=O)CN(C)C(=O)CCCCCCCC(=O)N[C@H](C(=O)N2CC[C@@H](O)C2)C(C)(C)C)nc2[nH]ccc12. The maximum atomic E-state index is 14.8. The molecule has 2 aliphatic rings. The highest BCUT2D eigenvalue weighted by Crippen LogP contribution is 2.39. The number of aliphatic hydroxyl groups is 1. The van der Waals surface area contributed by atoms with Gasteiger partial charge in [0.1, 0.15) is 29.1 Å². The number of carbonyl (C=O) groups excluding carboxylic acids is 5. The molecule has 0 radical (unpaired) electrons. The minimum atomic E-state index is -0.694. The lowest BCUT2D eigenvalue weighted by atomic mass is 9.85. The van der Waals surface area contributed by atoms with Crippen molar-refractivity contribution in [2.24, 2.45) is 5.41 Å². The number of hydrogen-bond acceptors (Lipinski definition) is 11. The second-order valence-electron chi connectivity index (χ2n) is 17.2. The third-order valence-corrected chi connectivity index (χ3v) is 11.5. The quantitative estimate of drug-likeness (QED) is 0.0719. The Morgan fingerprint density at radius 1 is 1.00 bits per heavy atom. The summed E-state index contributed by atoms with van der Waals surface area (Å²) in [7, 11) is 4.58. The third-order valence-electron chi connectivity index (χ3n) is 11.5. The lowest BCUT2D eigenvalue weighted by molar-refractivity contribution is -0.138. The number of H-pyrrole nitrogens is 1. The number of nitrogens with one attached hydrogen (secondary N) is 5. The highest BCUT2D eigenvalue weighted by atomic mass is 19.1. The largest absolute Gasteiger partial charge is 0.495 e. The van der Waals surface area contributed by atoms with Gasteiger partial charge in [-0.05, 0) is 67.0 Å². The summed E-state index contributed by atoms with van der Waals surface area (Å²) in [6.07, 6.45) is 6.64. The molecule has 0 bridgehead atoms. The van der Waals surface area contributed by atoms with Crippen molar-refractivity contribution >= 4 is 69.4 Å². The maximum absolute atomic E-state index is 14.8. The number of aromatic amines is 1. The van der Waals surface area contributed by atoms with Crippen LogP contribution in [-0.2, 0) is 25.6 Å². The Morgan fingerprint density at radius 2 is 1.75 bits per heavy atom. The molecule has 5 amide bonds. The molecule has 4 heterocycles. The van der Waals surface area contributed by atoms with E-state index in [2.05, 4.69) is 36.2 Å². The van der Waals surface area contributed by atoms with Crippen molar-refractivity contribution < 1.29 is 38.2 Å². The van der Waals surface area contributed by atoms with Gasteiger partial charge in [-0.15, -0.1) is 0 Å². The monoisotopic (exact) mass is 870 g/mol. The average molecular weight is 871 g/mol. The molecule has 17 nitrogen and oxygen atoms in total. The zero-order valence-corrected chi connectivity index (χ0v) is 36.9. The fourth-order valence-electron chi connectivity index (χ4n) is 7.93. The Kier molecular flexibility index (Phi) is 14.9. The highest BCUT2D eigenvalue weighted by Gasteiger charge is 2.38. The summed E-state index contributed by atoms with van der Waals surface area (Å²) in [4.78, 5) is 82.3. The van der Waals surface area contributed by atoms with Gasteiger partial charge in [-0.1, -0.05) is 46.1 Å². The van der Waals surface area contributed by atoms with E-state index in [4.69, 9.17) is 4.74 Å². The molecule has 1 saturated heterocycles. The molecule has 338 valence electrons. The van der Waals surface area contributed by atoms with E-state index in [-0.39, 0.29) is 53.9 Å². The van der Waals surface area contributed by atoms with Gasteiger partial charge < -0.3 is 50.8 Å². The van der Waals surface area contributed by atoms with Gasteiger partial charge in [-0.25, -0.2) is 4.39 Å². The zero-order valence-electron chi connectivity index (χ0n) is 36.9. The van der Waals surface area contributed by atoms with E-state index in [9.17, 15) is 33.5 Å². The van der Waals surface area contributed by atoms with Crippen LogP contribution in [0.15, 0.2) is 42.6 Å². The van der Waals surface area contributed by atoms with Crippen LogP contribution in [0.3, 0.4) is 0 Å². The topological polar surface area (TPSA) is 214 Å². The summed E-state index contributed by atoms with van der Waals surface area (Å²) in [5, 5.41) is 22.2. The van der Waals surface area contributed by atoms with Gasteiger partial charge in [-0.2, -0.15) is 9.97 Å². The Labute approximate surface area is 366 Å². The molecule has 18 heteroatoms. The van der Waals surface area contributed by atoms with Gasteiger partial charge in [0.25, 0.3) is 5.91 Å². The number of aromatic nitrogens is 3. The first-order valence-electron chi connectivity index (χ1n) is 21.5. The molecule has 0 unspecified atom stereocenters. The number of halogens is 1. The first-order chi connectivity index (χ1) is 30.1. The fourth-order valence-corrected chi connectivity index (χ4v) is 7.93. The van der Waals surface area contributed by atoms with Crippen LogP contribution in [0.1, 0.15) is 88.1 Å². The number of amides is 5. The zero-order chi connectivity index (χ0) is 45.4. The predicted molar refractivity (Wildman–Crippen MR) is 238 cm³/mol. The number of likely N-dealkylation sites (tertiary alicyclic amines) is 1. The van der Waals surface area contributed by atoms with Crippen molar-refractivity contribution in [2.45, 2.75) is 90.7 Å². The lowest BCUT2D eigenvalue weighted by Gasteiger charge is -2.33. The molecule has 63 heavy (non-hydrogen) atoms. The van der Waals surface area contributed by atoms with E-state index >= 15 is 0 Å². The number of ether oxygens (including phenoxy) is 1. The second-order valence-corrected chi connectivity index (χ2v) is 17.2. The van der Waals surface area contributed by atoms with Crippen molar-refractivity contribution in [1.29, 1.82) is 0 Å². The van der Waals surface area contributed by atoms with Crippen molar-refractivity contribution in [3.63, 3.8) is 0 Å². The van der Waals surface area contributed by atoms with E-state index in [0.29, 0.717) is 85.6 Å². The number of aliphatic hydroxyl groups excluding tert-OH is 1. The summed E-state index contributed by atoms with van der Waals surface area (Å²) >= 11 is 0. The number of methoxy groups -OCH3 is 1. The summed E-state index contributed by atoms with van der Waals surface area (Å²) in [5.74, 6) is -1.03. The van der Waals surface area contributed by atoms with Crippen LogP contribution in [-0.4, -0.2) is 119 Å². The minimum Gasteiger partial charge on any atom is -0.495 e. The first-order valence-corrected chi connectivity index (χ1v) is 21.5. The van der Waals surface area contributed by atoms with Crippen molar-refractivity contribution in [1.82, 2.24) is 35.4 Å². The Hall–Kier alpha value is -6.30. The van der Waals surface area contributed by atoms with Crippen LogP contribution >= 0.6 is 0 Å². The molecule has 2 aromatic heterocycles. The Bertz CT molecular complexity index is 2330. The van der Waals surface area contributed by atoms with Crippen molar-refractivity contribution in [2.75, 3.05) is 62.9 Å². The number of carbonyl (C=O) groups is 5. The number of hydrogen-bond donors (Lipinski definition) is 6. The molecular formula is C45H59FN10O7. The van der Waals surface area contributed by atoms with Gasteiger partial charge in [0.15, 0.2) is 0 Å². The number of benzene rings is 2. The summed E-state index contributed by atoms with van der Waals surface area (Å²) in [6.45, 7) is 6.85. The molecular weight excluding hydrogens is 812 g/mol. The second kappa shape index (κ2) is 20.3. The number of β-amino-alcohol motifs (C(OH)–C–C–N with tert-alkyl or cyclic N) is 1. The number of anilines is 5. The Balaban J connectivity index is 0.996. The molecule has 4 aromatic rings. The molecule has 2 atom stereocenters. The van der Waals surface area contributed by atoms with Gasteiger partial charge >= 0.3 is 0 Å². The molecule has 6 rings (SSSR count). The van der Waals surface area contributed by atoms with Crippen LogP contribution in [0.4, 0.5) is 33.2 Å². The van der Waals surface area contributed by atoms with E-state index < -0.39 is 29.3 Å². The molecule has 0 spiro atoms. The smallest absolute Gasteiger partial charge is 0.256 e. The molecule has 0 saturated carbocycles. The molecule has 6 N–H and O–H groups in total. The molecule has 2 aliphatic heterocycles. The number of rotatable bonds is 18. The van der Waals surface area contributed by atoms with E-state index in [1.54, 1.807) is 41.2 Å². The standard InChI is InChI=1S/C45H59FN10O7/c1-45(2,3)39(43(62)55-21-19-28(57)25-55)51-35(58)15-10-8-7-9-11-16-36(59)54(5)26-37(60)56-22-18-27-23-34(63-6)32(24-33(27)56)50-44-52-40-29(17-20-48-40)41(53-44)49-31-14-12-13-30(46)38(31)42(61)47-4/h12-14,17,20,23-24,28,39,57H,7-11,15-16,18-19,21-22,25-26H2,1-6H3,(H,47,61)(H,51,58)(H3,48,49,50,52,53)/t28-,39-/m1/s1. The van der Waals surface area contributed by atoms with Gasteiger partial charge in [0, 0.05) is 58.5 Å². The number of nitrogens with zero attached hydrogens (tertiary/aromatic N) is 5. The number of fused-ring (bicyclic) bond motifs is 2. The van der Waals surface area contributed by atoms with Gasteiger partial charge in [0.05, 0.1) is 42.1 Å². The summed E-state index contributed by atoms with van der Waals surface area (Å²) in [6, 6.07) is 9.01. The van der Waals surface area contributed by atoms with Crippen LogP contribution in [0, 0.1) is 11.2 Å². The van der Waals surface area contributed by atoms with Crippen LogP contribution in [0.5, 0.6) is 5.75 Å². The lowest BCUT2D eigenvalue weighted by Crippen LogP contribution is -2.54. The van der Waals surface area contributed by atoms with Crippen LogP contribution in [0.2, 0.25) is 0 Å². The minimum absolute atomic E-state index is 0.0989. The first kappa shape index (κ1) is 46.2. The average Bonchev–Trinajstić information content (AvgIpc) is 4.01. The molecule has 2 aromatic carbocycles.